The molecule has 0 unspecified atom stereocenters. The first-order chi connectivity index (χ1) is 9.10. The van der Waals surface area contributed by atoms with Gasteiger partial charge in [0.1, 0.15) is 0 Å². The number of nitrogens with zero attached hydrogens (tertiary/aromatic N) is 1. The topological polar surface area (TPSA) is 48.4 Å². The lowest BCUT2D eigenvalue weighted by Crippen LogP contribution is -2.09. The molecule has 0 atom stereocenters. The fraction of sp³-hybridized carbons (Fsp3) is 0.143. The summed E-state index contributed by atoms with van der Waals surface area (Å²) in [7, 11) is 1.48. The minimum atomic E-state index is -0.474. The summed E-state index contributed by atoms with van der Waals surface area (Å²) in [4.78, 5) is 15.9. The molecule has 2 rings (SSSR count). The van der Waals surface area contributed by atoms with Crippen LogP contribution in [0, 0.1) is 6.92 Å². The van der Waals surface area contributed by atoms with Gasteiger partial charge in [-0.3, -0.25) is 0 Å². The lowest BCUT2D eigenvalue weighted by atomic mass is 10.1. The van der Waals surface area contributed by atoms with Gasteiger partial charge in [-0.15, -0.1) is 0 Å². The van der Waals surface area contributed by atoms with Crippen LogP contribution >= 0.6 is 11.6 Å². The summed E-state index contributed by atoms with van der Waals surface area (Å²) in [5, 5.41) is 0.271. The van der Waals surface area contributed by atoms with Crippen molar-refractivity contribution in [1.29, 1.82) is 0 Å². The summed E-state index contributed by atoms with van der Waals surface area (Å²) in [5.41, 5.74) is 1.44. The lowest BCUT2D eigenvalue weighted by Gasteiger charge is -2.07. The van der Waals surface area contributed by atoms with Crippen LogP contribution in [0.25, 0.3) is 0 Å². The average Bonchev–Trinajstić information content (AvgIpc) is 2.41. The highest BCUT2D eigenvalue weighted by Crippen LogP contribution is 2.27. The molecule has 0 aliphatic carbocycles. The molecule has 0 amide bonds. The summed E-state index contributed by atoms with van der Waals surface area (Å²) in [6.45, 7) is 1.90. The van der Waals surface area contributed by atoms with E-state index in [2.05, 4.69) is 4.98 Å². The molecule has 4 nitrogen and oxygen atoms in total. The highest BCUT2D eigenvalue weighted by Gasteiger charge is 2.12. The zero-order valence-electron chi connectivity index (χ0n) is 10.5. The minimum absolute atomic E-state index is 0.203. The van der Waals surface area contributed by atoms with Crippen molar-refractivity contribution in [2.75, 3.05) is 7.11 Å². The molecule has 0 spiro atoms. The van der Waals surface area contributed by atoms with Gasteiger partial charge in [0.25, 0.3) is 0 Å². The standard InChI is InChI=1S/C14H12ClNO3/c1-9-4-3-5-10(6-9)14(17)19-12-8-16-13(18-2)7-11(12)15/h3-8H,1-2H3. The Balaban J connectivity index is 2.19. The van der Waals surface area contributed by atoms with E-state index in [1.54, 1.807) is 18.2 Å². The Labute approximate surface area is 115 Å². The van der Waals surface area contributed by atoms with Crippen LogP contribution in [0.3, 0.4) is 0 Å². The van der Waals surface area contributed by atoms with Crippen molar-refractivity contribution in [2.45, 2.75) is 6.92 Å². The molecule has 1 aromatic heterocycles. The maximum Gasteiger partial charge on any atom is 0.343 e. The number of rotatable bonds is 3. The van der Waals surface area contributed by atoms with Crippen LogP contribution in [0.4, 0.5) is 0 Å². The minimum Gasteiger partial charge on any atom is -0.481 e. The predicted octanol–water partition coefficient (Wildman–Crippen LogP) is 3.27. The zero-order valence-corrected chi connectivity index (χ0v) is 11.3. The summed E-state index contributed by atoms with van der Waals surface area (Å²) in [6, 6.07) is 8.60. The number of halogens is 1. The van der Waals surface area contributed by atoms with Crippen LogP contribution in [0.1, 0.15) is 15.9 Å². The van der Waals surface area contributed by atoms with Gasteiger partial charge in [0, 0.05) is 6.07 Å². The van der Waals surface area contributed by atoms with Crippen molar-refractivity contribution in [3.63, 3.8) is 0 Å². The Bertz CT molecular complexity index is 613. The van der Waals surface area contributed by atoms with Crippen molar-refractivity contribution in [2.24, 2.45) is 0 Å². The number of methoxy groups -OCH3 is 1. The molecule has 1 heterocycles. The zero-order chi connectivity index (χ0) is 13.8. The number of carbonyl (C=O) groups excluding carboxylic acids is 1. The van der Waals surface area contributed by atoms with Gasteiger partial charge in [0.15, 0.2) is 5.75 Å². The highest BCUT2D eigenvalue weighted by molar-refractivity contribution is 6.32. The maximum absolute atomic E-state index is 11.9. The van der Waals surface area contributed by atoms with Crippen molar-refractivity contribution < 1.29 is 14.3 Å². The summed E-state index contributed by atoms with van der Waals surface area (Å²) >= 11 is 5.97. The Morgan fingerprint density at radius 1 is 1.32 bits per heavy atom. The predicted molar refractivity (Wildman–Crippen MR) is 71.9 cm³/mol. The number of carbonyl (C=O) groups is 1. The normalized spacial score (nSPS) is 10.1. The number of benzene rings is 1. The van der Waals surface area contributed by atoms with Gasteiger partial charge in [-0.2, -0.15) is 0 Å². The first kappa shape index (κ1) is 13.4. The lowest BCUT2D eigenvalue weighted by molar-refractivity contribution is 0.0734. The van der Waals surface area contributed by atoms with E-state index in [-0.39, 0.29) is 10.8 Å². The van der Waals surface area contributed by atoms with Gasteiger partial charge in [-0.25, -0.2) is 9.78 Å². The maximum atomic E-state index is 11.9. The number of hydrogen-bond donors (Lipinski definition) is 0. The third-order valence-electron chi connectivity index (χ3n) is 2.46. The summed E-state index contributed by atoms with van der Waals surface area (Å²) in [5.74, 6) is 0.0897. The van der Waals surface area contributed by atoms with Gasteiger partial charge in [-0.1, -0.05) is 29.3 Å². The molecular weight excluding hydrogens is 266 g/mol. The van der Waals surface area contributed by atoms with Crippen molar-refractivity contribution in [3.8, 4) is 11.6 Å². The van der Waals surface area contributed by atoms with Gasteiger partial charge in [-0.05, 0) is 19.1 Å². The van der Waals surface area contributed by atoms with E-state index < -0.39 is 5.97 Å². The molecule has 19 heavy (non-hydrogen) atoms. The number of pyridine rings is 1. The molecular formula is C14H12ClNO3. The van der Waals surface area contributed by atoms with E-state index in [0.29, 0.717) is 11.4 Å². The molecule has 0 aliphatic rings. The smallest absolute Gasteiger partial charge is 0.343 e. The third kappa shape index (κ3) is 3.23. The number of ether oxygens (including phenoxy) is 2. The Morgan fingerprint density at radius 3 is 2.74 bits per heavy atom. The molecule has 2 aromatic rings. The molecule has 0 aliphatic heterocycles. The summed E-state index contributed by atoms with van der Waals surface area (Å²) < 4.78 is 10.1. The third-order valence-corrected chi connectivity index (χ3v) is 2.76. The highest BCUT2D eigenvalue weighted by atomic mass is 35.5. The second kappa shape index (κ2) is 5.71. The van der Waals surface area contributed by atoms with Crippen LogP contribution in [0.2, 0.25) is 5.02 Å². The van der Waals surface area contributed by atoms with Crippen molar-refractivity contribution in [3.05, 3.63) is 52.7 Å². The average molecular weight is 278 g/mol. The fourth-order valence-corrected chi connectivity index (χ4v) is 1.70. The van der Waals surface area contributed by atoms with Crippen LogP contribution in [-0.2, 0) is 0 Å². The van der Waals surface area contributed by atoms with Crippen LogP contribution in [0.15, 0.2) is 36.5 Å². The molecule has 0 bridgehead atoms. The SMILES string of the molecule is COc1cc(Cl)c(OC(=O)c2cccc(C)c2)cn1. The van der Waals surface area contributed by atoms with Crippen molar-refractivity contribution in [1.82, 2.24) is 4.98 Å². The largest absolute Gasteiger partial charge is 0.481 e. The van der Waals surface area contributed by atoms with Crippen molar-refractivity contribution >= 4 is 17.6 Å². The van der Waals surface area contributed by atoms with Crippen LogP contribution in [0.5, 0.6) is 11.6 Å². The van der Waals surface area contributed by atoms with E-state index in [9.17, 15) is 4.79 Å². The van der Waals surface area contributed by atoms with E-state index in [0.717, 1.165) is 5.56 Å². The van der Waals surface area contributed by atoms with Crippen LogP contribution < -0.4 is 9.47 Å². The molecule has 0 N–H and O–H groups in total. The second-order valence-electron chi connectivity index (χ2n) is 3.92. The Kier molecular flexibility index (Phi) is 4.02. The van der Waals surface area contributed by atoms with Gasteiger partial charge in [0.05, 0.1) is 23.9 Å². The molecule has 0 saturated heterocycles. The number of aromatic nitrogens is 1. The molecule has 1 aromatic carbocycles. The quantitative estimate of drug-likeness (QED) is 0.808. The summed E-state index contributed by atoms with van der Waals surface area (Å²) in [6.07, 6.45) is 1.36. The number of aryl methyl sites for hydroxylation is 1. The number of esters is 1. The van der Waals surface area contributed by atoms with E-state index >= 15 is 0 Å². The molecule has 0 radical (unpaired) electrons. The Hall–Kier alpha value is -2.07. The van der Waals surface area contributed by atoms with Gasteiger partial charge in [0.2, 0.25) is 5.88 Å². The second-order valence-corrected chi connectivity index (χ2v) is 4.32. The molecule has 5 heteroatoms. The first-order valence-electron chi connectivity index (χ1n) is 5.58. The fourth-order valence-electron chi connectivity index (χ4n) is 1.52. The molecule has 0 saturated carbocycles. The van der Waals surface area contributed by atoms with Gasteiger partial charge < -0.3 is 9.47 Å². The number of hydrogen-bond acceptors (Lipinski definition) is 4. The van der Waals surface area contributed by atoms with E-state index in [1.165, 1.54) is 19.4 Å². The Morgan fingerprint density at radius 2 is 2.11 bits per heavy atom. The molecule has 98 valence electrons. The van der Waals surface area contributed by atoms with E-state index in [1.807, 2.05) is 13.0 Å². The van der Waals surface area contributed by atoms with Gasteiger partial charge >= 0.3 is 5.97 Å². The molecule has 0 fully saturated rings. The monoisotopic (exact) mass is 277 g/mol. The van der Waals surface area contributed by atoms with E-state index in [4.69, 9.17) is 21.1 Å². The van der Waals surface area contributed by atoms with Crippen LogP contribution in [-0.4, -0.2) is 18.1 Å². The first-order valence-corrected chi connectivity index (χ1v) is 5.96.